The van der Waals surface area contributed by atoms with Crippen molar-refractivity contribution in [2.45, 2.75) is 54.1 Å². The Hall–Kier alpha value is -1.09. The summed E-state index contributed by atoms with van der Waals surface area (Å²) in [6.07, 6.45) is 0. The highest BCUT2D eigenvalue weighted by molar-refractivity contribution is 5.43. The highest BCUT2D eigenvalue weighted by atomic mass is 15.2. The van der Waals surface area contributed by atoms with Gasteiger partial charge in [-0.25, -0.2) is 4.98 Å². The van der Waals surface area contributed by atoms with Crippen LogP contribution in [0.4, 0.5) is 5.82 Å². The van der Waals surface area contributed by atoms with Gasteiger partial charge in [0, 0.05) is 24.8 Å². The second-order valence-corrected chi connectivity index (χ2v) is 5.90. The predicted octanol–water partition coefficient (Wildman–Crippen LogP) is 3.37. The number of pyridine rings is 1. The normalized spacial score (nSPS) is 11.4. The quantitative estimate of drug-likeness (QED) is 0.817. The van der Waals surface area contributed by atoms with Gasteiger partial charge in [-0.15, -0.1) is 0 Å². The lowest BCUT2D eigenvalue weighted by atomic mass is 10.1. The molecule has 1 aromatic heterocycles. The molecule has 1 aromatic rings. The van der Waals surface area contributed by atoms with Crippen LogP contribution in [0.15, 0.2) is 12.1 Å². The fourth-order valence-electron chi connectivity index (χ4n) is 2.20. The first kappa shape index (κ1) is 16.0. The SMILES string of the molecule is CCNCc1cc(C)nc(N(CC(C)C)C(C)C)c1. The maximum absolute atomic E-state index is 4.71. The number of anilines is 1. The van der Waals surface area contributed by atoms with Gasteiger partial charge in [-0.3, -0.25) is 0 Å². The van der Waals surface area contributed by atoms with Crippen molar-refractivity contribution in [1.29, 1.82) is 0 Å². The average molecular weight is 263 g/mol. The summed E-state index contributed by atoms with van der Waals surface area (Å²) in [6.45, 7) is 16.1. The van der Waals surface area contributed by atoms with Gasteiger partial charge in [-0.1, -0.05) is 20.8 Å². The minimum Gasteiger partial charge on any atom is -0.354 e. The van der Waals surface area contributed by atoms with Crippen LogP contribution in [0.5, 0.6) is 0 Å². The lowest BCUT2D eigenvalue weighted by Crippen LogP contribution is -2.35. The first-order chi connectivity index (χ1) is 8.93. The predicted molar refractivity (Wildman–Crippen MR) is 83.7 cm³/mol. The fraction of sp³-hybridized carbons (Fsp3) is 0.688. The van der Waals surface area contributed by atoms with E-state index >= 15 is 0 Å². The molecule has 0 amide bonds. The van der Waals surface area contributed by atoms with Crippen LogP contribution in [-0.4, -0.2) is 24.1 Å². The monoisotopic (exact) mass is 263 g/mol. The molecule has 0 aliphatic heterocycles. The molecule has 0 saturated heterocycles. The summed E-state index contributed by atoms with van der Waals surface area (Å²) in [5.41, 5.74) is 2.42. The van der Waals surface area contributed by atoms with Gasteiger partial charge in [0.25, 0.3) is 0 Å². The Morgan fingerprint density at radius 3 is 2.42 bits per heavy atom. The number of rotatable bonds is 7. The van der Waals surface area contributed by atoms with Gasteiger partial charge in [0.1, 0.15) is 5.82 Å². The second kappa shape index (κ2) is 7.49. The first-order valence-corrected chi connectivity index (χ1v) is 7.39. The Morgan fingerprint density at radius 1 is 1.21 bits per heavy atom. The molecule has 1 N–H and O–H groups in total. The van der Waals surface area contributed by atoms with Crippen molar-refractivity contribution in [3.8, 4) is 0 Å². The van der Waals surface area contributed by atoms with Crippen LogP contribution in [0.2, 0.25) is 0 Å². The van der Waals surface area contributed by atoms with Crippen molar-refractivity contribution in [1.82, 2.24) is 10.3 Å². The van der Waals surface area contributed by atoms with Gasteiger partial charge in [-0.05, 0) is 50.9 Å². The van der Waals surface area contributed by atoms with Crippen molar-refractivity contribution in [2.24, 2.45) is 5.92 Å². The van der Waals surface area contributed by atoms with Crippen molar-refractivity contribution >= 4 is 5.82 Å². The standard InChI is InChI=1S/C16H29N3/c1-7-17-10-15-8-14(6)18-16(9-15)19(13(4)5)11-12(2)3/h8-9,12-13,17H,7,10-11H2,1-6H3. The van der Waals surface area contributed by atoms with E-state index in [2.05, 4.69) is 63.9 Å². The van der Waals surface area contributed by atoms with Crippen LogP contribution >= 0.6 is 0 Å². The minimum atomic E-state index is 0.476. The smallest absolute Gasteiger partial charge is 0.129 e. The summed E-state index contributed by atoms with van der Waals surface area (Å²) in [6, 6.07) is 4.86. The van der Waals surface area contributed by atoms with Crippen LogP contribution < -0.4 is 10.2 Å². The Morgan fingerprint density at radius 2 is 1.89 bits per heavy atom. The number of hydrogen-bond donors (Lipinski definition) is 1. The number of aromatic nitrogens is 1. The Balaban J connectivity index is 2.98. The number of aryl methyl sites for hydroxylation is 1. The second-order valence-electron chi connectivity index (χ2n) is 5.90. The molecule has 0 aromatic carbocycles. The zero-order chi connectivity index (χ0) is 14.4. The van der Waals surface area contributed by atoms with Crippen LogP contribution in [0, 0.1) is 12.8 Å². The van der Waals surface area contributed by atoms with E-state index in [1.807, 2.05) is 0 Å². The van der Waals surface area contributed by atoms with E-state index in [9.17, 15) is 0 Å². The van der Waals surface area contributed by atoms with E-state index in [1.165, 1.54) is 5.56 Å². The Bertz CT molecular complexity index is 386. The third-order valence-electron chi connectivity index (χ3n) is 3.06. The summed E-state index contributed by atoms with van der Waals surface area (Å²) in [5, 5.41) is 3.38. The van der Waals surface area contributed by atoms with E-state index in [0.29, 0.717) is 12.0 Å². The first-order valence-electron chi connectivity index (χ1n) is 7.39. The average Bonchev–Trinajstić information content (AvgIpc) is 2.32. The van der Waals surface area contributed by atoms with Crippen molar-refractivity contribution in [3.63, 3.8) is 0 Å². The highest BCUT2D eigenvalue weighted by Crippen LogP contribution is 2.19. The number of hydrogen-bond acceptors (Lipinski definition) is 3. The lowest BCUT2D eigenvalue weighted by Gasteiger charge is -2.30. The van der Waals surface area contributed by atoms with E-state index in [1.54, 1.807) is 0 Å². The summed E-state index contributed by atoms with van der Waals surface area (Å²) in [5.74, 6) is 1.75. The van der Waals surface area contributed by atoms with E-state index in [-0.39, 0.29) is 0 Å². The molecule has 1 rings (SSSR count). The largest absolute Gasteiger partial charge is 0.354 e. The van der Waals surface area contributed by atoms with Gasteiger partial charge in [0.2, 0.25) is 0 Å². The van der Waals surface area contributed by atoms with Crippen LogP contribution in [0.3, 0.4) is 0 Å². The topological polar surface area (TPSA) is 28.2 Å². The molecule has 0 aliphatic carbocycles. The minimum absolute atomic E-state index is 0.476. The Labute approximate surface area is 118 Å². The van der Waals surface area contributed by atoms with E-state index < -0.39 is 0 Å². The fourth-order valence-corrected chi connectivity index (χ4v) is 2.20. The zero-order valence-corrected chi connectivity index (χ0v) is 13.3. The van der Waals surface area contributed by atoms with Gasteiger partial charge in [0.15, 0.2) is 0 Å². The molecule has 0 aliphatic rings. The number of nitrogens with one attached hydrogen (secondary N) is 1. The molecule has 0 unspecified atom stereocenters. The molecule has 0 radical (unpaired) electrons. The summed E-state index contributed by atoms with van der Waals surface area (Å²) < 4.78 is 0. The molecule has 0 bridgehead atoms. The molecule has 3 heteroatoms. The molecule has 0 fully saturated rings. The third-order valence-corrected chi connectivity index (χ3v) is 3.06. The van der Waals surface area contributed by atoms with Gasteiger partial charge < -0.3 is 10.2 Å². The van der Waals surface area contributed by atoms with Crippen molar-refractivity contribution in [2.75, 3.05) is 18.0 Å². The van der Waals surface area contributed by atoms with Crippen LogP contribution in [0.25, 0.3) is 0 Å². The molecular formula is C16H29N3. The van der Waals surface area contributed by atoms with Gasteiger partial charge >= 0.3 is 0 Å². The zero-order valence-electron chi connectivity index (χ0n) is 13.3. The highest BCUT2D eigenvalue weighted by Gasteiger charge is 2.14. The molecule has 0 saturated carbocycles. The molecule has 3 nitrogen and oxygen atoms in total. The maximum atomic E-state index is 4.71. The van der Waals surface area contributed by atoms with Crippen LogP contribution in [0.1, 0.15) is 45.9 Å². The van der Waals surface area contributed by atoms with Crippen molar-refractivity contribution in [3.05, 3.63) is 23.4 Å². The van der Waals surface area contributed by atoms with Gasteiger partial charge in [0.05, 0.1) is 0 Å². The van der Waals surface area contributed by atoms with E-state index in [4.69, 9.17) is 4.98 Å². The molecular weight excluding hydrogens is 234 g/mol. The molecule has 108 valence electrons. The van der Waals surface area contributed by atoms with Crippen LogP contribution in [-0.2, 0) is 6.54 Å². The molecule has 19 heavy (non-hydrogen) atoms. The molecule has 0 atom stereocenters. The van der Waals surface area contributed by atoms with Gasteiger partial charge in [-0.2, -0.15) is 0 Å². The Kier molecular flexibility index (Phi) is 6.29. The third kappa shape index (κ3) is 5.19. The molecule has 0 spiro atoms. The number of nitrogens with zero attached hydrogens (tertiary/aromatic N) is 2. The summed E-state index contributed by atoms with van der Waals surface area (Å²) >= 11 is 0. The summed E-state index contributed by atoms with van der Waals surface area (Å²) in [7, 11) is 0. The summed E-state index contributed by atoms with van der Waals surface area (Å²) in [4.78, 5) is 7.11. The lowest BCUT2D eigenvalue weighted by molar-refractivity contribution is 0.565. The molecule has 1 heterocycles. The van der Waals surface area contributed by atoms with Crippen molar-refractivity contribution < 1.29 is 0 Å². The maximum Gasteiger partial charge on any atom is 0.129 e. The van der Waals surface area contributed by atoms with E-state index in [0.717, 1.165) is 31.1 Å².